The summed E-state index contributed by atoms with van der Waals surface area (Å²) in [6.07, 6.45) is 18.7. The smallest absolute Gasteiger partial charge is 0.225 e. The topological polar surface area (TPSA) is 126 Å². The predicted octanol–water partition coefficient (Wildman–Crippen LogP) is 9.68. The summed E-state index contributed by atoms with van der Waals surface area (Å²) in [7, 11) is 0. The second-order valence-corrected chi connectivity index (χ2v) is 15.7. The summed E-state index contributed by atoms with van der Waals surface area (Å²) in [5.41, 5.74) is 6.00. The Morgan fingerprint density at radius 3 is 2.13 bits per heavy atom. The number of ether oxygens (including phenoxy) is 5. The maximum absolute atomic E-state index is 14.0. The van der Waals surface area contributed by atoms with E-state index in [1.165, 1.54) is 95.9 Å². The van der Waals surface area contributed by atoms with Crippen LogP contribution in [-0.2, 0) is 35.9 Å². The first kappa shape index (κ1) is 42.9. The van der Waals surface area contributed by atoms with Gasteiger partial charge in [-0.25, -0.2) is 18.3 Å². The van der Waals surface area contributed by atoms with Crippen LogP contribution in [0.5, 0.6) is 0 Å². The van der Waals surface area contributed by atoms with E-state index in [1.807, 2.05) is 0 Å². The molecule has 0 amide bonds. The van der Waals surface area contributed by atoms with Crippen molar-refractivity contribution in [1.82, 2.24) is 14.6 Å². The highest BCUT2D eigenvalue weighted by atomic mass is 19.2. The van der Waals surface area contributed by atoms with Crippen molar-refractivity contribution in [2.45, 2.75) is 178 Å². The number of hydrogen-bond donors (Lipinski definition) is 1. The van der Waals surface area contributed by atoms with Crippen LogP contribution in [-0.4, -0.2) is 57.5 Å². The van der Waals surface area contributed by atoms with Gasteiger partial charge in [-0.05, 0) is 57.0 Å². The number of rotatable bonds is 25. The van der Waals surface area contributed by atoms with Gasteiger partial charge in [0.25, 0.3) is 0 Å². The molecule has 303 valence electrons. The summed E-state index contributed by atoms with van der Waals surface area (Å²) < 4.78 is 61.1. The Morgan fingerprint density at radius 1 is 0.873 bits per heavy atom. The standard InChI is InChI=1S/C43H62F2N5O5/c1-5-6-7-8-9-10-11-12-13-14-15-16-17-18-19-20-25-51-36(31(2)52-28-32-21-22-33(44)34(45)26-32)27-37-39-40(55-42(3,4)54-39)43(29-46,53-37)38-24-23-35-41(47)48-30-49-50(35)38/h21-24,26,30-31,36-37,39-40H,2,5-20,25,27-28H2,1,3-4H3,(H2,47,48,49)/t31-,36?,37-,39-,40-,43+/m1/s1. The van der Waals surface area contributed by atoms with Crippen LogP contribution < -0.4 is 5.73 Å². The minimum absolute atomic E-state index is 0.00784. The average molecular weight is 767 g/mol. The molecule has 2 N–H and O–H groups in total. The van der Waals surface area contributed by atoms with E-state index in [1.54, 1.807) is 30.5 Å². The fourth-order valence-electron chi connectivity index (χ4n) is 7.90. The fourth-order valence-corrected chi connectivity index (χ4v) is 7.90. The Bertz CT molecular complexity index is 1670. The lowest BCUT2D eigenvalue weighted by atomic mass is 9.91. The molecule has 12 heteroatoms. The van der Waals surface area contributed by atoms with Crippen molar-refractivity contribution in [2.75, 3.05) is 12.3 Å². The van der Waals surface area contributed by atoms with Gasteiger partial charge in [0.2, 0.25) is 5.60 Å². The van der Waals surface area contributed by atoms with Crippen LogP contribution in [0.15, 0.2) is 36.7 Å². The number of nitrogen functional groups attached to an aromatic ring is 1. The van der Waals surface area contributed by atoms with Gasteiger partial charge in [-0.3, -0.25) is 0 Å². The van der Waals surface area contributed by atoms with Gasteiger partial charge >= 0.3 is 0 Å². The number of benzene rings is 1. The molecule has 0 saturated carbocycles. The molecule has 0 bridgehead atoms. The quantitative estimate of drug-likeness (QED) is 0.0839. The van der Waals surface area contributed by atoms with Crippen molar-refractivity contribution in [2.24, 2.45) is 0 Å². The van der Waals surface area contributed by atoms with Gasteiger partial charge in [-0.15, -0.1) is 0 Å². The zero-order valence-electron chi connectivity index (χ0n) is 33.2. The lowest BCUT2D eigenvalue weighted by molar-refractivity contribution is -0.206. The number of unbranched alkanes of at least 4 members (excludes halogenated alkanes) is 15. The number of halogens is 2. The maximum atomic E-state index is 14.0. The third-order valence-corrected chi connectivity index (χ3v) is 10.9. The molecule has 2 aliphatic heterocycles. The summed E-state index contributed by atoms with van der Waals surface area (Å²) >= 11 is 0. The Labute approximate surface area is 326 Å². The number of nitrogens with zero attached hydrogens (tertiary/aromatic N) is 4. The van der Waals surface area contributed by atoms with Gasteiger partial charge in [-0.2, -0.15) is 10.4 Å². The first-order valence-electron chi connectivity index (χ1n) is 20.6. The Hall–Kier alpha value is -3.21. The third kappa shape index (κ3) is 11.4. The SMILES string of the molecule is [CH2][C@@H](OCc1ccc(F)c(F)c1)C(C[C@H]1O[C@@](C#N)(c2ccc3c(N)ncnn23)[C@@H]2OC(C)(C)O[C@@H]21)OCCCCCCCCCCCCCCCCCC. The molecule has 4 heterocycles. The van der Waals surface area contributed by atoms with Crippen LogP contribution in [0.2, 0.25) is 0 Å². The molecule has 3 aromatic rings. The van der Waals surface area contributed by atoms with Gasteiger partial charge in [0.15, 0.2) is 23.2 Å². The minimum Gasteiger partial charge on any atom is -0.382 e. The van der Waals surface area contributed by atoms with E-state index in [2.05, 4.69) is 30.0 Å². The van der Waals surface area contributed by atoms with Crippen LogP contribution in [0.25, 0.3) is 5.52 Å². The molecule has 5 rings (SSSR count). The number of anilines is 1. The number of aromatic nitrogens is 3. The van der Waals surface area contributed by atoms with E-state index in [4.69, 9.17) is 29.4 Å². The van der Waals surface area contributed by atoms with Crippen molar-refractivity contribution in [3.05, 3.63) is 66.5 Å². The summed E-state index contributed by atoms with van der Waals surface area (Å²) in [4.78, 5) is 4.08. The molecule has 1 aromatic carbocycles. The van der Waals surface area contributed by atoms with E-state index in [9.17, 15) is 14.0 Å². The molecule has 2 aromatic heterocycles. The highest BCUT2D eigenvalue weighted by Gasteiger charge is 2.65. The summed E-state index contributed by atoms with van der Waals surface area (Å²) in [5, 5.41) is 15.2. The van der Waals surface area contributed by atoms with Gasteiger partial charge in [0.1, 0.15) is 30.1 Å². The summed E-state index contributed by atoms with van der Waals surface area (Å²) in [6, 6.07) is 9.56. The zero-order chi connectivity index (χ0) is 39.3. The van der Waals surface area contributed by atoms with Crippen LogP contribution in [0.1, 0.15) is 141 Å². The maximum Gasteiger partial charge on any atom is 0.225 e. The monoisotopic (exact) mass is 766 g/mol. The molecule has 2 fully saturated rings. The van der Waals surface area contributed by atoms with Gasteiger partial charge in [0.05, 0.1) is 30.6 Å². The molecular formula is C43H62F2N5O5. The van der Waals surface area contributed by atoms with E-state index < -0.39 is 53.5 Å². The second kappa shape index (κ2) is 20.8. The van der Waals surface area contributed by atoms with E-state index in [0.29, 0.717) is 23.4 Å². The van der Waals surface area contributed by atoms with Crippen molar-refractivity contribution < 1.29 is 32.5 Å². The summed E-state index contributed by atoms with van der Waals surface area (Å²) in [5.74, 6) is -2.58. The predicted molar refractivity (Wildman–Crippen MR) is 208 cm³/mol. The lowest BCUT2D eigenvalue weighted by Gasteiger charge is -2.31. The molecular weight excluding hydrogens is 704 g/mol. The van der Waals surface area contributed by atoms with Crippen LogP contribution >= 0.6 is 0 Å². The molecule has 0 aliphatic carbocycles. The molecule has 55 heavy (non-hydrogen) atoms. The van der Waals surface area contributed by atoms with Crippen molar-refractivity contribution in [1.29, 1.82) is 5.26 Å². The summed E-state index contributed by atoms with van der Waals surface area (Å²) in [6.45, 7) is 10.6. The molecule has 10 nitrogen and oxygen atoms in total. The first-order chi connectivity index (χ1) is 26.6. The normalized spacial score (nSPS) is 22.9. The largest absolute Gasteiger partial charge is 0.382 e. The number of fused-ring (bicyclic) bond motifs is 2. The molecule has 6 atom stereocenters. The second-order valence-electron chi connectivity index (χ2n) is 15.7. The highest BCUT2D eigenvalue weighted by molar-refractivity contribution is 5.66. The Kier molecular flexibility index (Phi) is 16.2. The molecule has 1 radical (unpaired) electrons. The van der Waals surface area contributed by atoms with E-state index in [-0.39, 0.29) is 18.8 Å². The van der Waals surface area contributed by atoms with Crippen LogP contribution in [0.4, 0.5) is 14.6 Å². The van der Waals surface area contributed by atoms with Crippen LogP contribution in [0, 0.1) is 29.9 Å². The Balaban J connectivity index is 1.15. The minimum atomic E-state index is -1.59. The number of nitriles is 1. The number of hydrogen-bond acceptors (Lipinski definition) is 9. The van der Waals surface area contributed by atoms with Gasteiger partial charge in [-0.1, -0.05) is 109 Å². The van der Waals surface area contributed by atoms with Crippen molar-refractivity contribution >= 4 is 11.3 Å². The van der Waals surface area contributed by atoms with Gasteiger partial charge in [0, 0.05) is 13.0 Å². The molecule has 2 saturated heterocycles. The van der Waals surface area contributed by atoms with Gasteiger partial charge < -0.3 is 29.4 Å². The van der Waals surface area contributed by atoms with Crippen molar-refractivity contribution in [3.63, 3.8) is 0 Å². The zero-order valence-corrected chi connectivity index (χ0v) is 33.2. The molecule has 0 spiro atoms. The van der Waals surface area contributed by atoms with Crippen LogP contribution in [0.3, 0.4) is 0 Å². The highest BCUT2D eigenvalue weighted by Crippen LogP contribution is 2.50. The van der Waals surface area contributed by atoms with Crippen molar-refractivity contribution in [3.8, 4) is 6.07 Å². The molecule has 2 aliphatic rings. The Morgan fingerprint density at radius 2 is 1.51 bits per heavy atom. The molecule has 1 unspecified atom stereocenters. The fraction of sp³-hybridized carbons (Fsp3) is 0.674. The lowest BCUT2D eigenvalue weighted by Crippen LogP contribution is -2.40. The first-order valence-corrected chi connectivity index (χ1v) is 20.6. The average Bonchev–Trinajstić information content (AvgIpc) is 3.83. The van der Waals surface area contributed by atoms with E-state index in [0.717, 1.165) is 31.4 Å². The third-order valence-electron chi connectivity index (χ3n) is 10.9. The number of nitrogens with two attached hydrogens (primary N) is 1. The van der Waals surface area contributed by atoms with E-state index >= 15 is 0 Å².